The molecule has 2 aliphatic rings. The molecule has 0 aromatic carbocycles. The highest BCUT2D eigenvalue weighted by Crippen LogP contribution is 2.34. The van der Waals surface area contributed by atoms with E-state index in [2.05, 4.69) is 4.98 Å². The van der Waals surface area contributed by atoms with E-state index in [-0.39, 0.29) is 36.3 Å². The molecule has 3 heterocycles. The summed E-state index contributed by atoms with van der Waals surface area (Å²) in [5.41, 5.74) is 0.703. The summed E-state index contributed by atoms with van der Waals surface area (Å²) in [6.07, 6.45) is 3.38. The van der Waals surface area contributed by atoms with Crippen LogP contribution in [0.4, 0.5) is 0 Å². The summed E-state index contributed by atoms with van der Waals surface area (Å²) < 4.78 is 37.2. The smallest absolute Gasteiger partial charge is 0.387 e. The molecule has 0 bridgehead atoms. The first-order valence-corrected chi connectivity index (χ1v) is 11.4. The molecule has 2 saturated heterocycles. The molecule has 1 N–H and O–H groups in total. The maximum atomic E-state index is 12.6. The molecule has 162 valence electrons. The second-order valence-electron chi connectivity index (χ2n) is 8.92. The van der Waals surface area contributed by atoms with Gasteiger partial charge in [-0.1, -0.05) is 20.8 Å². The van der Waals surface area contributed by atoms with Crippen LogP contribution in [0.1, 0.15) is 58.1 Å². The monoisotopic (exact) mass is 426 g/mol. The summed E-state index contributed by atoms with van der Waals surface area (Å²) in [6, 6.07) is 3.33. The summed E-state index contributed by atoms with van der Waals surface area (Å²) >= 11 is 0. The standard InChI is InChI=1S/C20H30N2O6S/c1-20(2,3)18-12-15(8-11-27-18)19(24)28-29(25,26)22-9-6-14(7-10-22)17-5-4-16(23)13-21-17/h4-5,13-15,18,23H,6-12H2,1-3H3. The van der Waals surface area contributed by atoms with Crippen molar-refractivity contribution >= 4 is 16.3 Å². The predicted molar refractivity (Wildman–Crippen MR) is 106 cm³/mol. The molecule has 2 fully saturated rings. The Morgan fingerprint density at radius 2 is 1.93 bits per heavy atom. The Kier molecular flexibility index (Phi) is 6.50. The van der Waals surface area contributed by atoms with Gasteiger partial charge in [0.2, 0.25) is 0 Å². The number of ether oxygens (including phenoxy) is 1. The summed E-state index contributed by atoms with van der Waals surface area (Å²) in [5.74, 6) is -0.949. The van der Waals surface area contributed by atoms with E-state index in [0.717, 1.165) is 5.69 Å². The van der Waals surface area contributed by atoms with Crippen LogP contribution in [0.25, 0.3) is 0 Å². The molecular weight excluding hydrogens is 396 g/mol. The van der Waals surface area contributed by atoms with Gasteiger partial charge in [-0.25, -0.2) is 0 Å². The van der Waals surface area contributed by atoms with Crippen LogP contribution in [0.2, 0.25) is 0 Å². The normalized spacial score (nSPS) is 24.9. The zero-order valence-corrected chi connectivity index (χ0v) is 18.0. The highest BCUT2D eigenvalue weighted by molar-refractivity contribution is 7.84. The van der Waals surface area contributed by atoms with Gasteiger partial charge >= 0.3 is 16.3 Å². The van der Waals surface area contributed by atoms with Crippen molar-refractivity contribution in [3.8, 4) is 5.75 Å². The molecule has 3 rings (SSSR count). The number of carbonyl (C=O) groups excluding carboxylic acids is 1. The summed E-state index contributed by atoms with van der Waals surface area (Å²) in [7, 11) is -4.11. The zero-order chi connectivity index (χ0) is 21.2. The lowest BCUT2D eigenvalue weighted by atomic mass is 9.81. The number of piperidine rings is 1. The van der Waals surface area contributed by atoms with E-state index in [0.29, 0.717) is 32.3 Å². The second-order valence-corrected chi connectivity index (χ2v) is 10.5. The number of pyridine rings is 1. The van der Waals surface area contributed by atoms with Gasteiger partial charge in [-0.05, 0) is 43.2 Å². The highest BCUT2D eigenvalue weighted by Gasteiger charge is 2.38. The minimum atomic E-state index is -4.11. The molecule has 2 atom stereocenters. The lowest BCUT2D eigenvalue weighted by Crippen LogP contribution is -2.43. The van der Waals surface area contributed by atoms with Gasteiger partial charge in [-0.2, -0.15) is 12.7 Å². The number of hydrogen-bond donors (Lipinski definition) is 1. The maximum absolute atomic E-state index is 12.6. The average molecular weight is 427 g/mol. The third-order valence-electron chi connectivity index (χ3n) is 5.73. The fourth-order valence-corrected chi connectivity index (χ4v) is 4.96. The Labute approximate surface area is 172 Å². The van der Waals surface area contributed by atoms with Crippen molar-refractivity contribution in [2.24, 2.45) is 11.3 Å². The van der Waals surface area contributed by atoms with Crippen molar-refractivity contribution in [3.63, 3.8) is 0 Å². The van der Waals surface area contributed by atoms with Gasteiger partial charge in [0, 0.05) is 31.3 Å². The SMILES string of the molecule is CC(C)(C)C1CC(C(=O)OS(=O)(=O)N2CCC(c3ccc(O)cn3)CC2)CCO1. The third kappa shape index (κ3) is 5.46. The molecule has 1 aromatic heterocycles. The van der Waals surface area contributed by atoms with Crippen LogP contribution in [0, 0.1) is 11.3 Å². The number of hydrogen-bond acceptors (Lipinski definition) is 7. The van der Waals surface area contributed by atoms with Gasteiger partial charge in [0.25, 0.3) is 0 Å². The molecular formula is C20H30N2O6S. The molecule has 0 amide bonds. The average Bonchev–Trinajstić information content (AvgIpc) is 2.68. The Morgan fingerprint density at radius 1 is 1.24 bits per heavy atom. The van der Waals surface area contributed by atoms with Gasteiger partial charge in [0.15, 0.2) is 0 Å². The number of nitrogens with zero attached hydrogens (tertiary/aromatic N) is 2. The molecule has 9 heteroatoms. The molecule has 0 saturated carbocycles. The maximum Gasteiger partial charge on any atom is 0.387 e. The van der Waals surface area contributed by atoms with E-state index in [4.69, 9.17) is 8.92 Å². The first-order chi connectivity index (χ1) is 13.6. The second kappa shape index (κ2) is 8.57. The minimum absolute atomic E-state index is 0.0995. The van der Waals surface area contributed by atoms with Gasteiger partial charge in [0.1, 0.15) is 5.75 Å². The van der Waals surface area contributed by atoms with E-state index in [1.165, 1.54) is 10.5 Å². The lowest BCUT2D eigenvalue weighted by Gasteiger charge is -2.37. The number of carbonyl (C=O) groups is 1. The van der Waals surface area contributed by atoms with Crippen molar-refractivity contribution < 1.29 is 27.2 Å². The van der Waals surface area contributed by atoms with E-state index >= 15 is 0 Å². The molecule has 29 heavy (non-hydrogen) atoms. The predicted octanol–water partition coefficient (Wildman–Crippen LogP) is 2.60. The van der Waals surface area contributed by atoms with Crippen LogP contribution in [0.3, 0.4) is 0 Å². The van der Waals surface area contributed by atoms with Crippen molar-refractivity contribution in [2.45, 2.75) is 58.5 Å². The van der Waals surface area contributed by atoms with Gasteiger partial charge in [-0.15, -0.1) is 0 Å². The molecule has 1 aromatic rings. The third-order valence-corrected chi connectivity index (χ3v) is 7.10. The van der Waals surface area contributed by atoms with Crippen molar-refractivity contribution in [1.29, 1.82) is 0 Å². The zero-order valence-electron chi connectivity index (χ0n) is 17.2. The van der Waals surface area contributed by atoms with Gasteiger partial charge < -0.3 is 14.0 Å². The van der Waals surface area contributed by atoms with E-state index in [1.807, 2.05) is 20.8 Å². The number of aromatic nitrogens is 1. The molecule has 0 spiro atoms. The lowest BCUT2D eigenvalue weighted by molar-refractivity contribution is -0.147. The number of aromatic hydroxyl groups is 1. The summed E-state index contributed by atoms with van der Waals surface area (Å²) in [4.78, 5) is 16.7. The van der Waals surface area contributed by atoms with Crippen LogP contribution >= 0.6 is 0 Å². The largest absolute Gasteiger partial charge is 0.506 e. The molecule has 0 radical (unpaired) electrons. The quantitative estimate of drug-likeness (QED) is 0.789. The van der Waals surface area contributed by atoms with Crippen LogP contribution in [-0.2, 0) is 24.0 Å². The van der Waals surface area contributed by atoms with E-state index in [1.54, 1.807) is 12.1 Å². The Bertz CT molecular complexity index is 810. The Morgan fingerprint density at radius 3 is 2.52 bits per heavy atom. The Hall–Kier alpha value is -1.71. The summed E-state index contributed by atoms with van der Waals surface area (Å²) in [6.45, 7) is 7.06. The van der Waals surface area contributed by atoms with Crippen molar-refractivity contribution in [2.75, 3.05) is 19.7 Å². The van der Waals surface area contributed by atoms with Crippen molar-refractivity contribution in [1.82, 2.24) is 9.29 Å². The molecule has 8 nitrogen and oxygen atoms in total. The molecule has 2 unspecified atom stereocenters. The van der Waals surface area contributed by atoms with Crippen LogP contribution < -0.4 is 0 Å². The fraction of sp³-hybridized carbons (Fsp3) is 0.700. The first-order valence-electron chi connectivity index (χ1n) is 10.1. The van der Waals surface area contributed by atoms with Crippen LogP contribution in [-0.4, -0.2) is 54.6 Å². The minimum Gasteiger partial charge on any atom is -0.506 e. The van der Waals surface area contributed by atoms with Gasteiger partial charge in [0.05, 0.1) is 18.2 Å². The Balaban J connectivity index is 1.56. The highest BCUT2D eigenvalue weighted by atomic mass is 32.2. The van der Waals surface area contributed by atoms with Crippen LogP contribution in [0.15, 0.2) is 18.3 Å². The fourth-order valence-electron chi connectivity index (χ4n) is 3.85. The molecule has 2 aliphatic heterocycles. The number of rotatable bonds is 4. The topological polar surface area (TPSA) is 106 Å². The van der Waals surface area contributed by atoms with E-state index < -0.39 is 22.2 Å². The molecule has 0 aliphatic carbocycles. The first kappa shape index (κ1) is 22.0. The van der Waals surface area contributed by atoms with E-state index in [9.17, 15) is 18.3 Å². The van der Waals surface area contributed by atoms with Crippen molar-refractivity contribution in [3.05, 3.63) is 24.0 Å². The van der Waals surface area contributed by atoms with Gasteiger partial charge in [-0.3, -0.25) is 9.78 Å². The van der Waals surface area contributed by atoms with Crippen LogP contribution in [0.5, 0.6) is 5.75 Å². The summed E-state index contributed by atoms with van der Waals surface area (Å²) in [5, 5.41) is 9.35.